The Hall–Kier alpha value is -1.55. The molecule has 0 unspecified atom stereocenters. The molecule has 2 N–H and O–H groups in total. The van der Waals surface area contributed by atoms with Crippen LogP contribution in [0.1, 0.15) is 15.9 Å². The van der Waals surface area contributed by atoms with Gasteiger partial charge in [0.05, 0.1) is 0 Å². The number of aromatic hydroxyl groups is 1. The van der Waals surface area contributed by atoms with Crippen molar-refractivity contribution in [3.63, 3.8) is 0 Å². The van der Waals surface area contributed by atoms with Gasteiger partial charge in [-0.3, -0.25) is 0 Å². The molecule has 0 spiro atoms. The van der Waals surface area contributed by atoms with E-state index in [0.717, 1.165) is 15.2 Å². The molecule has 0 aliphatic carbocycles. The van der Waals surface area contributed by atoms with E-state index in [1.807, 2.05) is 18.2 Å². The Morgan fingerprint density at radius 1 is 1.31 bits per heavy atom. The monoisotopic (exact) mass is 280 g/mol. The number of fused-ring (bicyclic) bond motifs is 1. The van der Waals surface area contributed by atoms with Crippen molar-refractivity contribution in [2.24, 2.45) is 0 Å². The van der Waals surface area contributed by atoms with Gasteiger partial charge in [0.2, 0.25) is 0 Å². The number of carboxylic acids is 1. The van der Waals surface area contributed by atoms with Crippen molar-refractivity contribution in [2.75, 3.05) is 0 Å². The molecule has 0 saturated carbocycles. The summed E-state index contributed by atoms with van der Waals surface area (Å²) in [4.78, 5) is 10.9. The van der Waals surface area contributed by atoms with Gasteiger partial charge < -0.3 is 10.2 Å². The van der Waals surface area contributed by atoms with Gasteiger partial charge in [-0.15, -0.1) is 0 Å². The number of hydrogen-bond acceptors (Lipinski definition) is 2. The van der Waals surface area contributed by atoms with E-state index < -0.39 is 5.97 Å². The van der Waals surface area contributed by atoms with Gasteiger partial charge >= 0.3 is 5.97 Å². The Morgan fingerprint density at radius 3 is 2.62 bits per heavy atom. The highest BCUT2D eigenvalue weighted by Crippen LogP contribution is 2.32. The number of benzene rings is 2. The number of carbonyl (C=O) groups is 1. The van der Waals surface area contributed by atoms with Crippen molar-refractivity contribution in [3.8, 4) is 5.75 Å². The van der Waals surface area contributed by atoms with Crippen molar-refractivity contribution < 1.29 is 15.0 Å². The van der Waals surface area contributed by atoms with E-state index in [-0.39, 0.29) is 11.3 Å². The molecule has 0 heterocycles. The molecule has 0 aliphatic rings. The van der Waals surface area contributed by atoms with Crippen LogP contribution in [0.15, 0.2) is 28.7 Å². The Kier molecular flexibility index (Phi) is 2.59. The molecule has 0 bridgehead atoms. The van der Waals surface area contributed by atoms with E-state index in [0.29, 0.717) is 5.56 Å². The van der Waals surface area contributed by atoms with E-state index in [1.165, 1.54) is 6.07 Å². The molecule has 0 aromatic heterocycles. The summed E-state index contributed by atoms with van der Waals surface area (Å²) in [7, 11) is 0. The fraction of sp³-hybridized carbons (Fsp3) is 0.0833. The Morgan fingerprint density at radius 2 is 2.00 bits per heavy atom. The average molecular weight is 281 g/mol. The van der Waals surface area contributed by atoms with Crippen LogP contribution in [0, 0.1) is 6.92 Å². The zero-order valence-corrected chi connectivity index (χ0v) is 10.1. The van der Waals surface area contributed by atoms with Crippen LogP contribution >= 0.6 is 15.9 Å². The van der Waals surface area contributed by atoms with Gasteiger partial charge in [-0.2, -0.15) is 0 Å². The van der Waals surface area contributed by atoms with Crippen molar-refractivity contribution in [1.82, 2.24) is 0 Å². The number of phenols is 1. The first kappa shape index (κ1) is 11.0. The lowest BCUT2D eigenvalue weighted by molar-refractivity contribution is 0.0694. The summed E-state index contributed by atoms with van der Waals surface area (Å²) >= 11 is 3.33. The van der Waals surface area contributed by atoms with Gasteiger partial charge in [0.1, 0.15) is 11.3 Å². The summed E-state index contributed by atoms with van der Waals surface area (Å²) in [5, 5.41) is 20.3. The number of halogens is 1. The van der Waals surface area contributed by atoms with E-state index in [2.05, 4.69) is 15.9 Å². The highest BCUT2D eigenvalue weighted by Gasteiger charge is 2.14. The smallest absolute Gasteiger partial charge is 0.339 e. The van der Waals surface area contributed by atoms with Crippen LogP contribution in [0.2, 0.25) is 0 Å². The maximum Gasteiger partial charge on any atom is 0.339 e. The molecule has 0 amide bonds. The molecule has 0 fully saturated rings. The summed E-state index contributed by atoms with van der Waals surface area (Å²) in [6.45, 7) is 1.71. The van der Waals surface area contributed by atoms with E-state index >= 15 is 0 Å². The van der Waals surface area contributed by atoms with Crippen molar-refractivity contribution in [3.05, 3.63) is 39.9 Å². The highest BCUT2D eigenvalue weighted by molar-refractivity contribution is 9.10. The molecule has 4 heteroatoms. The van der Waals surface area contributed by atoms with E-state index in [1.54, 1.807) is 6.92 Å². The second-order valence-corrected chi connectivity index (χ2v) is 4.48. The highest BCUT2D eigenvalue weighted by atomic mass is 79.9. The topological polar surface area (TPSA) is 57.5 Å². The minimum atomic E-state index is -1.12. The summed E-state index contributed by atoms with van der Waals surface area (Å²) in [5.41, 5.74) is 0.519. The molecule has 2 rings (SSSR count). The SMILES string of the molecule is Cc1c(O)c(C(=O)O)cc2cc(Br)ccc12. The molecule has 82 valence electrons. The van der Waals surface area contributed by atoms with Crippen molar-refractivity contribution in [1.29, 1.82) is 0 Å². The van der Waals surface area contributed by atoms with Crippen LogP contribution in [0.5, 0.6) is 5.75 Å². The quantitative estimate of drug-likeness (QED) is 0.843. The fourth-order valence-corrected chi connectivity index (χ4v) is 2.09. The lowest BCUT2D eigenvalue weighted by atomic mass is 10.0. The number of rotatable bonds is 1. The lowest BCUT2D eigenvalue weighted by Crippen LogP contribution is -1.98. The second-order valence-electron chi connectivity index (χ2n) is 3.57. The zero-order valence-electron chi connectivity index (χ0n) is 8.49. The predicted molar refractivity (Wildman–Crippen MR) is 65.0 cm³/mol. The summed E-state index contributed by atoms with van der Waals surface area (Å²) in [6, 6.07) is 7.01. The number of aromatic carboxylic acids is 1. The summed E-state index contributed by atoms with van der Waals surface area (Å²) < 4.78 is 0.876. The van der Waals surface area contributed by atoms with Crippen molar-refractivity contribution in [2.45, 2.75) is 6.92 Å². The first-order chi connectivity index (χ1) is 7.50. The Labute approximate surface area is 100 Å². The van der Waals surface area contributed by atoms with Crippen LogP contribution in [-0.2, 0) is 0 Å². The first-order valence-electron chi connectivity index (χ1n) is 4.66. The molecular weight excluding hydrogens is 272 g/mol. The van der Waals surface area contributed by atoms with Gasteiger partial charge in [0, 0.05) is 4.47 Å². The molecule has 2 aromatic rings. The standard InChI is InChI=1S/C12H9BrO3/c1-6-9-3-2-8(13)4-7(9)5-10(11(6)14)12(15)16/h2-5,14H,1H3,(H,15,16). The molecule has 16 heavy (non-hydrogen) atoms. The number of carboxylic acid groups (broad SMARTS) is 1. The average Bonchev–Trinajstić information content (AvgIpc) is 2.22. The van der Waals surface area contributed by atoms with E-state index in [9.17, 15) is 9.90 Å². The molecule has 3 nitrogen and oxygen atoms in total. The van der Waals surface area contributed by atoms with Crippen LogP contribution in [-0.4, -0.2) is 16.2 Å². The number of aryl methyl sites for hydroxylation is 1. The molecule has 0 atom stereocenters. The molecule has 0 aliphatic heterocycles. The predicted octanol–water partition coefficient (Wildman–Crippen LogP) is 3.31. The normalized spacial score (nSPS) is 10.6. The van der Waals surface area contributed by atoms with Crippen LogP contribution < -0.4 is 0 Å². The Bertz CT molecular complexity index is 590. The second kappa shape index (κ2) is 3.79. The minimum Gasteiger partial charge on any atom is -0.507 e. The molecule has 0 saturated heterocycles. The van der Waals surface area contributed by atoms with Gasteiger partial charge in [0.15, 0.2) is 0 Å². The lowest BCUT2D eigenvalue weighted by Gasteiger charge is -2.08. The fourth-order valence-electron chi connectivity index (χ4n) is 1.71. The third-order valence-electron chi connectivity index (χ3n) is 2.56. The van der Waals surface area contributed by atoms with Crippen LogP contribution in [0.25, 0.3) is 10.8 Å². The van der Waals surface area contributed by atoms with Crippen LogP contribution in [0.4, 0.5) is 0 Å². The maximum atomic E-state index is 10.9. The third-order valence-corrected chi connectivity index (χ3v) is 3.05. The zero-order chi connectivity index (χ0) is 11.9. The van der Waals surface area contributed by atoms with E-state index in [4.69, 9.17) is 5.11 Å². The summed E-state index contributed by atoms with van der Waals surface area (Å²) in [5.74, 6) is -1.29. The van der Waals surface area contributed by atoms with Gasteiger partial charge in [-0.05, 0) is 41.5 Å². The Balaban J connectivity index is 2.88. The molecule has 2 aromatic carbocycles. The van der Waals surface area contributed by atoms with Crippen LogP contribution in [0.3, 0.4) is 0 Å². The first-order valence-corrected chi connectivity index (χ1v) is 5.45. The molecular formula is C12H9BrO3. The summed E-state index contributed by atoms with van der Waals surface area (Å²) in [6.07, 6.45) is 0. The largest absolute Gasteiger partial charge is 0.507 e. The van der Waals surface area contributed by atoms with Crippen molar-refractivity contribution >= 4 is 32.7 Å². The number of hydrogen-bond donors (Lipinski definition) is 2. The van der Waals surface area contributed by atoms with Gasteiger partial charge in [0.25, 0.3) is 0 Å². The van der Waals surface area contributed by atoms with Gasteiger partial charge in [-0.1, -0.05) is 22.0 Å². The minimum absolute atomic E-state index is 0.0666. The molecule has 0 radical (unpaired) electrons. The maximum absolute atomic E-state index is 10.9. The van der Waals surface area contributed by atoms with Gasteiger partial charge in [-0.25, -0.2) is 4.79 Å². The third kappa shape index (κ3) is 1.65.